The minimum absolute atomic E-state index is 0.658. The van der Waals surface area contributed by atoms with E-state index in [0.29, 0.717) is 5.92 Å². The number of morpholine rings is 1. The zero-order valence-electron chi connectivity index (χ0n) is 15.0. The van der Waals surface area contributed by atoms with Crippen LogP contribution in [-0.2, 0) is 16.0 Å². The first-order valence-electron chi connectivity index (χ1n) is 9.26. The number of likely N-dealkylation sites (tertiary alicyclic amines) is 1. The van der Waals surface area contributed by atoms with Gasteiger partial charge >= 0.3 is 0 Å². The molecule has 2 aliphatic rings. The normalized spacial score (nSPS) is 22.0. The summed E-state index contributed by atoms with van der Waals surface area (Å²) in [5, 5.41) is 1.22. The molecule has 1 aromatic carbocycles. The molecule has 0 bridgehead atoms. The molecular formula is C20H27N3O2. The first kappa shape index (κ1) is 16.8. The predicted molar refractivity (Wildman–Crippen MR) is 100 cm³/mol. The molecule has 2 aliphatic heterocycles. The number of fused-ring (bicyclic) bond motifs is 1. The van der Waals surface area contributed by atoms with E-state index in [-0.39, 0.29) is 0 Å². The van der Waals surface area contributed by atoms with E-state index in [9.17, 15) is 0 Å². The third kappa shape index (κ3) is 3.78. The van der Waals surface area contributed by atoms with Crippen LogP contribution >= 0.6 is 0 Å². The average Bonchev–Trinajstić information content (AvgIpc) is 3.09. The summed E-state index contributed by atoms with van der Waals surface area (Å²) in [6.45, 7) is 7.50. The molecule has 4 rings (SSSR count). The summed E-state index contributed by atoms with van der Waals surface area (Å²) in [5.74, 6) is 1.79. The lowest BCUT2D eigenvalue weighted by Crippen LogP contribution is -2.37. The van der Waals surface area contributed by atoms with Crippen LogP contribution in [0.25, 0.3) is 10.9 Å². The van der Waals surface area contributed by atoms with Gasteiger partial charge in [-0.15, -0.1) is 0 Å². The van der Waals surface area contributed by atoms with Crippen LogP contribution in [0.3, 0.4) is 0 Å². The predicted octanol–water partition coefficient (Wildman–Crippen LogP) is 2.54. The smallest absolute Gasteiger partial charge is 0.133 e. The van der Waals surface area contributed by atoms with Crippen molar-refractivity contribution in [3.05, 3.63) is 35.9 Å². The molecule has 0 saturated carbocycles. The zero-order chi connectivity index (χ0) is 17.1. The summed E-state index contributed by atoms with van der Waals surface area (Å²) in [6.07, 6.45) is 1.22. The van der Waals surface area contributed by atoms with Crippen molar-refractivity contribution in [1.82, 2.24) is 9.88 Å². The molecule has 0 amide bonds. The second-order valence-corrected chi connectivity index (χ2v) is 7.11. The Kier molecular flexibility index (Phi) is 5.15. The lowest BCUT2D eigenvalue weighted by atomic mass is 10.1. The van der Waals surface area contributed by atoms with Gasteiger partial charge < -0.3 is 14.4 Å². The van der Waals surface area contributed by atoms with Crippen molar-refractivity contribution in [1.29, 1.82) is 0 Å². The minimum atomic E-state index is 0.658. The van der Waals surface area contributed by atoms with Crippen molar-refractivity contribution in [2.45, 2.75) is 13.0 Å². The summed E-state index contributed by atoms with van der Waals surface area (Å²) in [6, 6.07) is 10.7. The Balaban J connectivity index is 1.61. The van der Waals surface area contributed by atoms with Gasteiger partial charge in [0, 0.05) is 44.2 Å². The van der Waals surface area contributed by atoms with Crippen molar-refractivity contribution < 1.29 is 9.47 Å². The highest BCUT2D eigenvalue weighted by Crippen LogP contribution is 2.27. The quantitative estimate of drug-likeness (QED) is 0.835. The minimum Gasteiger partial charge on any atom is -0.384 e. The van der Waals surface area contributed by atoms with Crippen LogP contribution in [0.4, 0.5) is 5.82 Å². The molecule has 0 aliphatic carbocycles. The van der Waals surface area contributed by atoms with Crippen LogP contribution in [0.5, 0.6) is 0 Å². The number of rotatable bonds is 5. The summed E-state index contributed by atoms with van der Waals surface area (Å²) < 4.78 is 10.9. The molecule has 134 valence electrons. The van der Waals surface area contributed by atoms with Gasteiger partial charge in [0.1, 0.15) is 5.82 Å². The van der Waals surface area contributed by atoms with E-state index in [1.165, 1.54) is 17.4 Å². The van der Waals surface area contributed by atoms with E-state index in [1.807, 2.05) is 0 Å². The van der Waals surface area contributed by atoms with Gasteiger partial charge in [-0.1, -0.05) is 18.2 Å². The largest absolute Gasteiger partial charge is 0.384 e. The lowest BCUT2D eigenvalue weighted by Gasteiger charge is -2.30. The number of benzene rings is 1. The SMILES string of the molecule is COC[C@@H]1CCN(Cc2cc3ccccc3nc2N2CCOCC2)C1. The molecule has 0 unspecified atom stereocenters. The third-order valence-corrected chi connectivity index (χ3v) is 5.26. The number of aromatic nitrogens is 1. The summed E-state index contributed by atoms with van der Waals surface area (Å²) in [4.78, 5) is 9.94. The first-order chi connectivity index (χ1) is 12.3. The fourth-order valence-electron chi connectivity index (χ4n) is 3.98. The Morgan fingerprint density at radius 1 is 1.20 bits per heavy atom. The van der Waals surface area contributed by atoms with E-state index in [0.717, 1.165) is 63.9 Å². The number of ether oxygens (including phenoxy) is 2. The van der Waals surface area contributed by atoms with Gasteiger partial charge in [0.05, 0.1) is 25.3 Å². The topological polar surface area (TPSA) is 37.8 Å². The highest BCUT2D eigenvalue weighted by atomic mass is 16.5. The molecule has 5 nitrogen and oxygen atoms in total. The number of nitrogens with zero attached hydrogens (tertiary/aromatic N) is 3. The first-order valence-corrected chi connectivity index (χ1v) is 9.26. The second kappa shape index (κ2) is 7.68. The molecule has 0 radical (unpaired) electrons. The number of methoxy groups -OCH3 is 1. The Morgan fingerprint density at radius 3 is 2.88 bits per heavy atom. The maximum Gasteiger partial charge on any atom is 0.133 e. The van der Waals surface area contributed by atoms with Crippen LogP contribution in [0.15, 0.2) is 30.3 Å². The molecule has 5 heteroatoms. The van der Waals surface area contributed by atoms with Gasteiger partial charge in [0.15, 0.2) is 0 Å². The van der Waals surface area contributed by atoms with Gasteiger partial charge in [-0.25, -0.2) is 4.98 Å². The Morgan fingerprint density at radius 2 is 2.04 bits per heavy atom. The number of hydrogen-bond donors (Lipinski definition) is 0. The summed E-state index contributed by atoms with van der Waals surface area (Å²) in [5.41, 5.74) is 2.41. The zero-order valence-corrected chi connectivity index (χ0v) is 15.0. The third-order valence-electron chi connectivity index (χ3n) is 5.26. The van der Waals surface area contributed by atoms with Crippen molar-refractivity contribution in [2.24, 2.45) is 5.92 Å². The summed E-state index contributed by atoms with van der Waals surface area (Å²) >= 11 is 0. The van der Waals surface area contributed by atoms with Crippen LogP contribution in [0, 0.1) is 5.92 Å². The fourth-order valence-corrected chi connectivity index (χ4v) is 3.98. The van der Waals surface area contributed by atoms with Gasteiger partial charge in [-0.3, -0.25) is 4.90 Å². The Hall–Kier alpha value is -1.69. The molecule has 2 saturated heterocycles. The maximum absolute atomic E-state index is 5.53. The van der Waals surface area contributed by atoms with Gasteiger partial charge in [-0.2, -0.15) is 0 Å². The van der Waals surface area contributed by atoms with Gasteiger partial charge in [0.25, 0.3) is 0 Å². The van der Waals surface area contributed by atoms with E-state index in [1.54, 1.807) is 7.11 Å². The Labute approximate surface area is 149 Å². The van der Waals surface area contributed by atoms with Crippen LogP contribution in [-0.4, -0.2) is 63.0 Å². The number of anilines is 1. The Bertz CT molecular complexity index is 715. The van der Waals surface area contributed by atoms with Crippen LogP contribution in [0.2, 0.25) is 0 Å². The molecule has 3 heterocycles. The number of para-hydroxylation sites is 1. The molecule has 0 spiro atoms. The van der Waals surface area contributed by atoms with E-state index < -0.39 is 0 Å². The van der Waals surface area contributed by atoms with Gasteiger partial charge in [-0.05, 0) is 31.0 Å². The maximum atomic E-state index is 5.53. The molecule has 25 heavy (non-hydrogen) atoms. The van der Waals surface area contributed by atoms with E-state index in [4.69, 9.17) is 14.5 Å². The van der Waals surface area contributed by atoms with Crippen LogP contribution in [0.1, 0.15) is 12.0 Å². The van der Waals surface area contributed by atoms with Crippen molar-refractivity contribution in [3.63, 3.8) is 0 Å². The molecule has 1 atom stereocenters. The molecule has 2 fully saturated rings. The van der Waals surface area contributed by atoms with E-state index in [2.05, 4.69) is 40.1 Å². The van der Waals surface area contributed by atoms with Crippen molar-refractivity contribution in [2.75, 3.05) is 58.0 Å². The molecule has 1 aromatic heterocycles. The summed E-state index contributed by atoms with van der Waals surface area (Å²) in [7, 11) is 1.80. The molecular weight excluding hydrogens is 314 g/mol. The fraction of sp³-hybridized carbons (Fsp3) is 0.550. The van der Waals surface area contributed by atoms with E-state index >= 15 is 0 Å². The van der Waals surface area contributed by atoms with Crippen molar-refractivity contribution >= 4 is 16.7 Å². The second-order valence-electron chi connectivity index (χ2n) is 7.11. The number of hydrogen-bond acceptors (Lipinski definition) is 5. The highest BCUT2D eigenvalue weighted by Gasteiger charge is 2.25. The van der Waals surface area contributed by atoms with Gasteiger partial charge in [0.2, 0.25) is 0 Å². The van der Waals surface area contributed by atoms with Crippen LogP contribution < -0.4 is 4.90 Å². The average molecular weight is 341 g/mol. The standard InChI is InChI=1S/C20H27N3O2/c1-24-15-16-6-7-22(13-16)14-18-12-17-4-2-3-5-19(17)21-20(18)23-8-10-25-11-9-23/h2-5,12,16H,6-11,13-15H2,1H3/t16-/m1/s1. The number of pyridine rings is 1. The highest BCUT2D eigenvalue weighted by molar-refractivity contribution is 5.81. The monoisotopic (exact) mass is 341 g/mol. The molecule has 2 aromatic rings. The van der Waals surface area contributed by atoms with Crippen molar-refractivity contribution in [3.8, 4) is 0 Å². The lowest BCUT2D eigenvalue weighted by molar-refractivity contribution is 0.122. The molecule has 0 N–H and O–H groups in total.